The van der Waals surface area contributed by atoms with Gasteiger partial charge < -0.3 is 16.0 Å². The van der Waals surface area contributed by atoms with Crippen molar-refractivity contribution in [3.8, 4) is 0 Å². The van der Waals surface area contributed by atoms with Crippen LogP contribution in [0.2, 0.25) is 5.28 Å². The average molecular weight is 907 g/mol. The first-order chi connectivity index (χ1) is 27.5. The number of hydrogen-bond acceptors (Lipinski definition) is 17. The molecule has 5 aromatic rings. The highest BCUT2D eigenvalue weighted by atomic mass is 35.5. The van der Waals surface area contributed by atoms with E-state index < -0.39 is 95.1 Å². The van der Waals surface area contributed by atoms with E-state index in [9.17, 15) is 61.5 Å². The first-order valence-electron chi connectivity index (χ1n) is 15.7. The Morgan fingerprint density at radius 3 is 1.81 bits per heavy atom. The third kappa shape index (κ3) is 9.91. The molecule has 1 aromatic heterocycles. The molecule has 6 rings (SSSR count). The minimum Gasteiger partial charge on any atom is -0.324 e. The highest BCUT2D eigenvalue weighted by molar-refractivity contribution is 7.91. The van der Waals surface area contributed by atoms with Gasteiger partial charge in [-0.05, 0) is 90.0 Å². The lowest BCUT2D eigenvalue weighted by atomic mass is 9.92. The number of rotatable bonds is 12. The van der Waals surface area contributed by atoms with Crippen LogP contribution >= 0.6 is 11.6 Å². The SMILES string of the molecule is O=C(Nc1cc(S(=O)(=O)O)cc2c1C(=O)C(=NNc1ccc(Nc3nc(Cl)nc(Nc4ccc(S(=O)(=O)O)cc4)n3)cc1S(=O)(=O)O)C(S(=O)(=O)O)=C2)c1ccccc1. The summed E-state index contributed by atoms with van der Waals surface area (Å²) in [5.41, 5.74) is -0.904. The number of ketones is 1. The first-order valence-corrected chi connectivity index (χ1v) is 21.9. The van der Waals surface area contributed by atoms with Gasteiger partial charge in [0.05, 0.1) is 26.7 Å². The third-order valence-corrected chi connectivity index (χ3v) is 11.4. The fourth-order valence-electron chi connectivity index (χ4n) is 5.23. The largest absolute Gasteiger partial charge is 0.324 e. The van der Waals surface area contributed by atoms with E-state index in [2.05, 4.69) is 41.4 Å². The normalized spacial score (nSPS) is 13.9. The molecule has 0 fully saturated rings. The van der Waals surface area contributed by atoms with E-state index in [1.165, 1.54) is 42.5 Å². The lowest BCUT2D eigenvalue weighted by Crippen LogP contribution is -2.29. The van der Waals surface area contributed by atoms with Crippen LogP contribution < -0.4 is 21.4 Å². The molecule has 0 saturated carbocycles. The summed E-state index contributed by atoms with van der Waals surface area (Å²) in [4.78, 5) is 35.5. The molecule has 1 aliphatic carbocycles. The second-order valence-electron chi connectivity index (χ2n) is 11.8. The summed E-state index contributed by atoms with van der Waals surface area (Å²) in [7, 11) is -20.0. The summed E-state index contributed by atoms with van der Waals surface area (Å²) < 4.78 is 136. The van der Waals surface area contributed by atoms with Crippen molar-refractivity contribution in [3.05, 3.63) is 112 Å². The van der Waals surface area contributed by atoms with Gasteiger partial charge in [-0.2, -0.15) is 53.7 Å². The molecular formula is C32H23ClN8O14S4. The molecule has 0 radical (unpaired) electrons. The number of fused-ring (bicyclic) bond motifs is 1. The molecule has 59 heavy (non-hydrogen) atoms. The lowest BCUT2D eigenvalue weighted by molar-refractivity contribution is 0.102. The number of nitrogens with one attached hydrogen (secondary N) is 4. The Labute approximate surface area is 338 Å². The van der Waals surface area contributed by atoms with E-state index in [0.717, 1.165) is 30.3 Å². The Kier molecular flexibility index (Phi) is 11.4. The van der Waals surface area contributed by atoms with Crippen molar-refractivity contribution in [2.24, 2.45) is 5.10 Å². The Balaban J connectivity index is 1.34. The number of Topliss-reactive ketones (excluding diaryl/α,β-unsaturated/α-hetero) is 1. The number of benzene rings is 4. The smallest absolute Gasteiger partial charge is 0.296 e. The average Bonchev–Trinajstić information content (AvgIpc) is 3.13. The number of halogens is 1. The maximum atomic E-state index is 14.0. The number of anilines is 6. The number of hydrazone groups is 1. The van der Waals surface area contributed by atoms with Gasteiger partial charge in [-0.3, -0.25) is 33.2 Å². The van der Waals surface area contributed by atoms with Crippen LogP contribution in [0.4, 0.5) is 34.6 Å². The molecule has 0 saturated heterocycles. The molecule has 27 heteroatoms. The van der Waals surface area contributed by atoms with Crippen molar-refractivity contribution in [2.45, 2.75) is 14.7 Å². The summed E-state index contributed by atoms with van der Waals surface area (Å²) in [5, 5.41) is 11.0. The van der Waals surface area contributed by atoms with Crippen molar-refractivity contribution in [1.29, 1.82) is 0 Å². The Hall–Kier alpha value is -6.23. The molecule has 1 amide bonds. The van der Waals surface area contributed by atoms with Crippen LogP contribution in [0.3, 0.4) is 0 Å². The topological polar surface area (TPSA) is 351 Å². The van der Waals surface area contributed by atoms with Gasteiger partial charge in [-0.25, -0.2) is 0 Å². The minimum absolute atomic E-state index is 0.0456. The quantitative estimate of drug-likeness (QED) is 0.0650. The summed E-state index contributed by atoms with van der Waals surface area (Å²) in [6.07, 6.45) is 0.619. The molecule has 1 heterocycles. The van der Waals surface area contributed by atoms with E-state index >= 15 is 0 Å². The second kappa shape index (κ2) is 15.8. The zero-order valence-corrected chi connectivity index (χ0v) is 32.9. The fraction of sp³-hybridized carbons (Fsp3) is 0. The molecule has 4 aromatic carbocycles. The zero-order valence-electron chi connectivity index (χ0n) is 28.8. The molecule has 306 valence electrons. The van der Waals surface area contributed by atoms with Gasteiger partial charge >= 0.3 is 0 Å². The van der Waals surface area contributed by atoms with Crippen LogP contribution in [0.1, 0.15) is 26.3 Å². The number of hydrogen-bond donors (Lipinski definition) is 8. The molecule has 1 aliphatic rings. The van der Waals surface area contributed by atoms with Crippen molar-refractivity contribution < 1.29 is 61.5 Å². The van der Waals surface area contributed by atoms with Crippen molar-refractivity contribution in [3.63, 3.8) is 0 Å². The van der Waals surface area contributed by atoms with E-state index in [0.29, 0.717) is 12.1 Å². The lowest BCUT2D eigenvalue weighted by Gasteiger charge is -2.20. The molecule has 0 bridgehead atoms. The van der Waals surface area contributed by atoms with E-state index in [4.69, 9.17) is 11.6 Å². The van der Waals surface area contributed by atoms with Crippen molar-refractivity contribution >= 4 is 110 Å². The number of nitrogens with zero attached hydrogens (tertiary/aromatic N) is 4. The third-order valence-electron chi connectivity index (χ3n) is 7.78. The highest BCUT2D eigenvalue weighted by Gasteiger charge is 2.36. The predicted octanol–water partition coefficient (Wildman–Crippen LogP) is 3.90. The molecular weight excluding hydrogens is 884 g/mol. The zero-order chi connectivity index (χ0) is 43.1. The molecule has 0 spiro atoms. The number of aromatic nitrogens is 3. The molecule has 0 unspecified atom stereocenters. The summed E-state index contributed by atoms with van der Waals surface area (Å²) >= 11 is 6.02. The van der Waals surface area contributed by atoms with Gasteiger partial charge in [0.2, 0.25) is 23.0 Å². The van der Waals surface area contributed by atoms with Crippen LogP contribution in [0.5, 0.6) is 0 Å². The Morgan fingerprint density at radius 1 is 0.644 bits per heavy atom. The summed E-state index contributed by atoms with van der Waals surface area (Å²) in [6, 6.07) is 16.5. The fourth-order valence-corrected chi connectivity index (χ4v) is 7.74. The van der Waals surface area contributed by atoms with Crippen LogP contribution in [0.15, 0.2) is 110 Å². The minimum atomic E-state index is -5.37. The summed E-state index contributed by atoms with van der Waals surface area (Å²) in [5.74, 6) is -2.67. The van der Waals surface area contributed by atoms with E-state index in [1.807, 2.05) is 0 Å². The van der Waals surface area contributed by atoms with Crippen LogP contribution in [0.25, 0.3) is 6.08 Å². The Bertz CT molecular complexity index is 3100. The molecule has 22 nitrogen and oxygen atoms in total. The number of allylic oxidation sites excluding steroid dienone is 1. The van der Waals surface area contributed by atoms with Crippen LogP contribution in [-0.2, 0) is 40.5 Å². The van der Waals surface area contributed by atoms with Gasteiger partial charge in [-0.1, -0.05) is 18.2 Å². The monoisotopic (exact) mass is 906 g/mol. The van der Waals surface area contributed by atoms with Crippen LogP contribution in [0, 0.1) is 0 Å². The molecule has 0 atom stereocenters. The maximum Gasteiger partial charge on any atom is 0.296 e. The van der Waals surface area contributed by atoms with E-state index in [1.54, 1.807) is 6.07 Å². The maximum absolute atomic E-state index is 14.0. The van der Waals surface area contributed by atoms with Gasteiger partial charge in [0.1, 0.15) is 9.80 Å². The van der Waals surface area contributed by atoms with Crippen molar-refractivity contribution in [1.82, 2.24) is 15.0 Å². The van der Waals surface area contributed by atoms with Crippen molar-refractivity contribution in [2.75, 3.05) is 21.4 Å². The van der Waals surface area contributed by atoms with E-state index in [-0.39, 0.29) is 39.0 Å². The number of carbonyl (C=O) groups is 2. The first kappa shape index (κ1) is 42.4. The van der Waals surface area contributed by atoms with Gasteiger partial charge in [0.15, 0.2) is 5.71 Å². The van der Waals surface area contributed by atoms with Gasteiger partial charge in [0, 0.05) is 16.9 Å². The van der Waals surface area contributed by atoms with Gasteiger partial charge in [0.25, 0.3) is 46.4 Å². The van der Waals surface area contributed by atoms with Gasteiger partial charge in [-0.15, -0.1) is 0 Å². The van der Waals surface area contributed by atoms with Crippen LogP contribution in [-0.4, -0.2) is 84.2 Å². The predicted molar refractivity (Wildman–Crippen MR) is 209 cm³/mol. The Morgan fingerprint density at radius 2 is 1.24 bits per heavy atom. The summed E-state index contributed by atoms with van der Waals surface area (Å²) in [6.45, 7) is 0. The highest BCUT2D eigenvalue weighted by Crippen LogP contribution is 2.35. The number of carbonyl (C=O) groups excluding carboxylic acids is 2. The molecule has 8 N–H and O–H groups in total. The number of amides is 1. The molecule has 0 aliphatic heterocycles. The second-order valence-corrected chi connectivity index (χ2v) is 17.8. The standard InChI is InChI=1S/C32H23ClN8O14S4/c33-30-37-31(34-18-6-9-20(10-7-18)56(44,45)46)39-32(38-30)35-19-8-11-22(24(14-19)58(50,51)52)40-41-27-25(59(53,54)55)13-17-12-21(57(47,48)49)15-23(26(17)28(27)42)36-29(43)16-4-2-1-3-5-16/h1-15,40H,(H,36,43)(H,44,45,46)(H,47,48,49)(H,50,51,52)(H,53,54,55)(H2,34,35,37,38,39).